The van der Waals surface area contributed by atoms with Crippen LogP contribution in [0.15, 0.2) is 18.2 Å². The van der Waals surface area contributed by atoms with Crippen molar-refractivity contribution in [1.82, 2.24) is 5.32 Å². The summed E-state index contributed by atoms with van der Waals surface area (Å²) in [5.74, 6) is -0.583. The Morgan fingerprint density at radius 3 is 2.81 bits per heavy atom. The number of hydrogen-bond acceptors (Lipinski definition) is 5. The van der Waals surface area contributed by atoms with Gasteiger partial charge < -0.3 is 14.6 Å². The molecule has 1 aromatic rings. The largest absolute Gasteiger partial charge is 0.497 e. The predicted octanol–water partition coefficient (Wildman–Crippen LogP) is 1.41. The second-order valence-electron chi connectivity index (χ2n) is 5.48. The van der Waals surface area contributed by atoms with Crippen LogP contribution in [0.1, 0.15) is 24.9 Å². The van der Waals surface area contributed by atoms with Crippen LogP contribution in [0.25, 0.3) is 0 Å². The molecule has 116 valence electrons. The van der Waals surface area contributed by atoms with Crippen LogP contribution in [0.4, 0.5) is 4.39 Å². The van der Waals surface area contributed by atoms with Gasteiger partial charge in [-0.2, -0.15) is 0 Å². The molecule has 21 heavy (non-hydrogen) atoms. The summed E-state index contributed by atoms with van der Waals surface area (Å²) >= 11 is 0. The molecule has 0 unspecified atom stereocenters. The van der Waals surface area contributed by atoms with Crippen LogP contribution in [0.3, 0.4) is 0 Å². The number of benzene rings is 1. The zero-order valence-corrected chi connectivity index (χ0v) is 12.4. The number of carbonyl (C=O) groups is 1. The van der Waals surface area contributed by atoms with Crippen molar-refractivity contribution in [1.29, 1.82) is 0 Å². The van der Waals surface area contributed by atoms with Gasteiger partial charge in [-0.3, -0.25) is 10.1 Å². The predicted molar refractivity (Wildman–Crippen MR) is 74.4 cm³/mol. The average molecular weight is 297 g/mol. The van der Waals surface area contributed by atoms with Crippen molar-refractivity contribution in [3.8, 4) is 5.75 Å². The number of nitrogens with one attached hydrogen (secondary N) is 1. The Morgan fingerprint density at radius 1 is 1.52 bits per heavy atom. The van der Waals surface area contributed by atoms with Gasteiger partial charge in [0.2, 0.25) is 0 Å². The first kappa shape index (κ1) is 15.7. The van der Waals surface area contributed by atoms with E-state index in [0.717, 1.165) is 0 Å². The lowest BCUT2D eigenvalue weighted by molar-refractivity contribution is -0.147. The Labute approximate surface area is 123 Å². The van der Waals surface area contributed by atoms with Gasteiger partial charge >= 0.3 is 5.97 Å². The summed E-state index contributed by atoms with van der Waals surface area (Å²) in [6, 6.07) is 3.95. The topological polar surface area (TPSA) is 67.8 Å². The molecular weight excluding hydrogens is 277 g/mol. The molecule has 1 fully saturated rings. The smallest absolute Gasteiger partial charge is 0.325 e. The SMILES string of the molecule is COC(=O)[C@]1(C)C[C@@H](CO)[C@@H](c2cc(OC)ccc2F)N1. The molecule has 0 aliphatic carbocycles. The Bertz CT molecular complexity index is 536. The van der Waals surface area contributed by atoms with Gasteiger partial charge in [-0.25, -0.2) is 4.39 Å². The maximum absolute atomic E-state index is 14.1. The zero-order chi connectivity index (χ0) is 15.6. The Balaban J connectivity index is 2.36. The number of carbonyl (C=O) groups excluding carboxylic acids is 1. The van der Waals surface area contributed by atoms with Crippen molar-refractivity contribution < 1.29 is 23.8 Å². The minimum atomic E-state index is -0.942. The molecular formula is C15H20FNO4. The fourth-order valence-electron chi connectivity index (χ4n) is 2.92. The molecule has 1 heterocycles. The van der Waals surface area contributed by atoms with E-state index in [2.05, 4.69) is 5.32 Å². The number of aliphatic hydroxyl groups excluding tert-OH is 1. The number of aliphatic hydroxyl groups is 1. The van der Waals surface area contributed by atoms with Crippen LogP contribution in [-0.2, 0) is 9.53 Å². The second kappa shape index (κ2) is 5.99. The second-order valence-corrected chi connectivity index (χ2v) is 5.48. The van der Waals surface area contributed by atoms with Crippen LogP contribution in [0.2, 0.25) is 0 Å². The monoisotopic (exact) mass is 297 g/mol. The summed E-state index contributed by atoms with van der Waals surface area (Å²) in [7, 11) is 2.81. The van der Waals surface area contributed by atoms with Crippen molar-refractivity contribution in [2.45, 2.75) is 24.9 Å². The molecule has 0 aromatic heterocycles. The fourth-order valence-corrected chi connectivity index (χ4v) is 2.92. The quantitative estimate of drug-likeness (QED) is 0.823. The van der Waals surface area contributed by atoms with Gasteiger partial charge in [0.15, 0.2) is 0 Å². The first-order chi connectivity index (χ1) is 9.95. The van der Waals surface area contributed by atoms with Crippen LogP contribution in [0.5, 0.6) is 5.75 Å². The van der Waals surface area contributed by atoms with Crippen LogP contribution < -0.4 is 10.1 Å². The highest BCUT2D eigenvalue weighted by molar-refractivity contribution is 5.81. The highest BCUT2D eigenvalue weighted by Crippen LogP contribution is 2.40. The highest BCUT2D eigenvalue weighted by Gasteiger charge is 2.48. The molecule has 1 aliphatic rings. The number of hydrogen-bond donors (Lipinski definition) is 2. The zero-order valence-electron chi connectivity index (χ0n) is 12.4. The highest BCUT2D eigenvalue weighted by atomic mass is 19.1. The summed E-state index contributed by atoms with van der Waals surface area (Å²) < 4.78 is 24.0. The van der Waals surface area contributed by atoms with Crippen LogP contribution >= 0.6 is 0 Å². The number of halogens is 1. The summed E-state index contributed by atoms with van der Waals surface area (Å²) in [5.41, 5.74) is -0.566. The summed E-state index contributed by atoms with van der Waals surface area (Å²) in [4.78, 5) is 11.9. The molecule has 1 aromatic carbocycles. The molecule has 0 radical (unpaired) electrons. The molecule has 0 saturated carbocycles. The van der Waals surface area contributed by atoms with E-state index in [4.69, 9.17) is 9.47 Å². The van der Waals surface area contributed by atoms with Crippen molar-refractivity contribution in [2.75, 3.05) is 20.8 Å². The molecule has 6 heteroatoms. The molecule has 3 atom stereocenters. The van der Waals surface area contributed by atoms with Crippen LogP contribution in [-0.4, -0.2) is 37.4 Å². The van der Waals surface area contributed by atoms with Gasteiger partial charge in [-0.05, 0) is 31.5 Å². The third kappa shape index (κ3) is 2.87. The van der Waals surface area contributed by atoms with Gasteiger partial charge in [0.05, 0.1) is 14.2 Å². The fraction of sp³-hybridized carbons (Fsp3) is 0.533. The van der Waals surface area contributed by atoms with Gasteiger partial charge in [-0.15, -0.1) is 0 Å². The molecule has 5 nitrogen and oxygen atoms in total. The van der Waals surface area contributed by atoms with E-state index in [9.17, 15) is 14.3 Å². The first-order valence-electron chi connectivity index (χ1n) is 6.75. The summed E-state index contributed by atoms with van der Waals surface area (Å²) in [6.07, 6.45) is 0.373. The van der Waals surface area contributed by atoms with Crippen LogP contribution in [0, 0.1) is 11.7 Å². The summed E-state index contributed by atoms with van der Waals surface area (Å²) in [6.45, 7) is 1.54. The molecule has 2 rings (SSSR count). The molecule has 0 amide bonds. The maximum Gasteiger partial charge on any atom is 0.325 e. The minimum absolute atomic E-state index is 0.152. The van der Waals surface area contributed by atoms with E-state index in [1.54, 1.807) is 13.0 Å². The van der Waals surface area contributed by atoms with Gasteiger partial charge in [-0.1, -0.05) is 0 Å². The molecule has 0 bridgehead atoms. The average Bonchev–Trinajstić information content (AvgIpc) is 2.85. The van der Waals surface area contributed by atoms with E-state index >= 15 is 0 Å². The Morgan fingerprint density at radius 2 is 2.24 bits per heavy atom. The van der Waals surface area contributed by atoms with Crippen molar-refractivity contribution in [2.24, 2.45) is 5.92 Å². The van der Waals surface area contributed by atoms with Gasteiger partial charge in [0.1, 0.15) is 17.1 Å². The van der Waals surface area contributed by atoms with E-state index in [1.165, 1.54) is 26.4 Å². The summed E-state index contributed by atoms with van der Waals surface area (Å²) in [5, 5.41) is 12.7. The Hall–Kier alpha value is -1.66. The molecule has 1 aliphatic heterocycles. The number of methoxy groups -OCH3 is 2. The molecule has 2 N–H and O–H groups in total. The third-order valence-electron chi connectivity index (χ3n) is 4.02. The molecule has 0 spiro atoms. The first-order valence-corrected chi connectivity index (χ1v) is 6.75. The standard InChI is InChI=1S/C15H20FNO4/c1-15(14(19)21-3)7-9(8-18)13(17-15)11-6-10(20-2)4-5-12(11)16/h4-6,9,13,17-18H,7-8H2,1-3H3/t9-,13-,15-/m0/s1. The Kier molecular flexibility index (Phi) is 4.49. The maximum atomic E-state index is 14.1. The number of ether oxygens (including phenoxy) is 2. The van der Waals surface area contributed by atoms with Gasteiger partial charge in [0.25, 0.3) is 0 Å². The minimum Gasteiger partial charge on any atom is -0.497 e. The normalized spacial score (nSPS) is 28.4. The third-order valence-corrected chi connectivity index (χ3v) is 4.02. The molecule has 1 saturated heterocycles. The van der Waals surface area contributed by atoms with E-state index < -0.39 is 23.4 Å². The van der Waals surface area contributed by atoms with E-state index in [-0.39, 0.29) is 12.5 Å². The lowest BCUT2D eigenvalue weighted by Crippen LogP contribution is -2.46. The number of esters is 1. The number of rotatable bonds is 4. The van der Waals surface area contributed by atoms with E-state index in [1.807, 2.05) is 0 Å². The van der Waals surface area contributed by atoms with Gasteiger partial charge in [0, 0.05) is 24.1 Å². The van der Waals surface area contributed by atoms with Crippen molar-refractivity contribution in [3.63, 3.8) is 0 Å². The lowest BCUT2D eigenvalue weighted by Gasteiger charge is -2.23. The van der Waals surface area contributed by atoms with E-state index in [0.29, 0.717) is 17.7 Å². The van der Waals surface area contributed by atoms with Crippen molar-refractivity contribution >= 4 is 5.97 Å². The lowest BCUT2D eigenvalue weighted by atomic mass is 9.90. The van der Waals surface area contributed by atoms with Crippen molar-refractivity contribution in [3.05, 3.63) is 29.6 Å².